The first kappa shape index (κ1) is 70.4. The van der Waals surface area contributed by atoms with Gasteiger partial charge in [0.1, 0.15) is 23.0 Å². The van der Waals surface area contributed by atoms with E-state index in [1.807, 2.05) is 43.3 Å². The van der Waals surface area contributed by atoms with Crippen molar-refractivity contribution in [2.24, 2.45) is 20.5 Å². The van der Waals surface area contributed by atoms with Gasteiger partial charge in [-0.1, -0.05) is 41.4 Å². The number of nitrogens with one attached hydrogen (secondary N) is 4. The standard InChI is InChI=1S/C63H73N17O10S5/c1-8-77(9-2)43-23-29-49(73-75-62-68-55(79-31-15-13-16-32-79)53(92-62)37-47(39(6)81)57(83)64-41-19-25-45(26-20-41)94(85,86)87)51(35-43)66-59-70-60(72-61(71-59)91-12-5)67-52-36-44(78(10-3)11-4)24-30-50(52)74-76-63-69-56(80-33-17-14-18-34-80)54(93-63)38-48(40(7)82)58(84)65-42-21-27-46(28-22-42)95(88,89)90/h19-30,35-38H,8-18,31-34H2,1-7H3,(H,64,83)(H,65,84)(H,85,86,87)(H,88,89,90)(H2,66,67,70,71,72)/b47-37-,48-38+,75-73+,76-74+. The third-order valence-electron chi connectivity index (χ3n) is 15.3. The fraction of sp³-hybridized carbons (Fsp3) is 0.349. The van der Waals surface area contributed by atoms with E-state index in [1.54, 1.807) is 0 Å². The predicted octanol–water partition coefficient (Wildman–Crippen LogP) is 13.6. The van der Waals surface area contributed by atoms with E-state index >= 15 is 0 Å². The van der Waals surface area contributed by atoms with Crippen LogP contribution in [0.4, 0.5) is 79.3 Å². The van der Waals surface area contributed by atoms with Gasteiger partial charge in [0.15, 0.2) is 16.7 Å². The Hall–Kier alpha value is -8.92. The van der Waals surface area contributed by atoms with Crippen LogP contribution in [0.3, 0.4) is 0 Å². The lowest BCUT2D eigenvalue weighted by molar-refractivity contribution is -0.120. The summed E-state index contributed by atoms with van der Waals surface area (Å²) in [5.74, 6) is -0.474. The molecule has 5 heterocycles. The molecule has 500 valence electrons. The number of piperidine rings is 2. The van der Waals surface area contributed by atoms with E-state index in [0.717, 1.165) is 96.8 Å². The number of hydrogen-bond acceptors (Lipinski definition) is 26. The molecule has 7 aromatic rings. The zero-order valence-corrected chi connectivity index (χ0v) is 57.4. The number of hydrogen-bond donors (Lipinski definition) is 6. The number of rotatable bonds is 28. The van der Waals surface area contributed by atoms with Gasteiger partial charge in [0, 0.05) is 75.1 Å². The maximum Gasteiger partial charge on any atom is 0.294 e. The molecule has 0 radical (unpaired) electrons. The number of carbonyl (C=O) groups is 4. The van der Waals surface area contributed by atoms with Crippen molar-refractivity contribution in [3.8, 4) is 0 Å². The van der Waals surface area contributed by atoms with E-state index in [2.05, 4.69) is 78.8 Å². The molecule has 95 heavy (non-hydrogen) atoms. The van der Waals surface area contributed by atoms with Gasteiger partial charge in [-0.15, -0.1) is 20.5 Å². The van der Waals surface area contributed by atoms with E-state index in [9.17, 15) is 45.1 Å². The molecular weight excluding hydrogens is 1320 g/mol. The third-order valence-corrected chi connectivity index (χ3v) is 19.5. The summed E-state index contributed by atoms with van der Waals surface area (Å²) in [6.45, 7) is 18.3. The van der Waals surface area contributed by atoms with E-state index < -0.39 is 43.6 Å². The molecule has 32 heteroatoms. The fourth-order valence-corrected chi connectivity index (χ4v) is 13.6. The lowest BCUT2D eigenvalue weighted by Gasteiger charge is -2.27. The largest absolute Gasteiger partial charge is 0.372 e. The minimum absolute atomic E-state index is 0.176. The molecule has 0 saturated carbocycles. The lowest BCUT2D eigenvalue weighted by atomic mass is 10.1. The molecule has 0 spiro atoms. The van der Waals surface area contributed by atoms with Gasteiger partial charge in [0.2, 0.25) is 22.2 Å². The van der Waals surface area contributed by atoms with Crippen LogP contribution >= 0.6 is 34.4 Å². The minimum atomic E-state index is -4.47. The quantitative estimate of drug-likeness (QED) is 0.00662. The Morgan fingerprint density at radius 2 is 0.916 bits per heavy atom. The Kier molecular flexibility index (Phi) is 23.7. The zero-order chi connectivity index (χ0) is 68.0. The van der Waals surface area contributed by atoms with Crippen molar-refractivity contribution in [3.63, 3.8) is 0 Å². The molecule has 2 amide bonds. The SMILES string of the molecule is CCSc1nc(Nc2cc(N(CC)CC)ccc2/N=N/c2nc(N3CCCCC3)c(/C=C(/C(C)=O)C(=O)Nc3ccc(S(=O)(=O)O)cc3)s2)nc(Nc2cc(N(CC)CC)ccc2/N=N/c2nc(N3CCCCC3)c(/C=C(\C(C)=O)C(=O)Nc3ccc(S(=O)(=O)O)cc3)s2)n1. The Balaban J connectivity index is 1.05. The molecule has 2 aliphatic heterocycles. The number of thioether (sulfide) groups is 1. The highest BCUT2D eigenvalue weighted by atomic mass is 32.2. The second-order valence-corrected chi connectivity index (χ2v) is 27.8. The molecule has 2 saturated heterocycles. The molecule has 3 aromatic heterocycles. The first-order valence-electron chi connectivity index (χ1n) is 30.8. The van der Waals surface area contributed by atoms with Crippen molar-refractivity contribution in [3.05, 3.63) is 106 Å². The molecule has 2 fully saturated rings. The van der Waals surface area contributed by atoms with E-state index in [4.69, 9.17) is 35.1 Å². The summed E-state index contributed by atoms with van der Waals surface area (Å²) in [7, 11) is -8.95. The number of azo groups is 2. The van der Waals surface area contributed by atoms with Crippen LogP contribution in [0.25, 0.3) is 12.2 Å². The molecule has 4 aromatic carbocycles. The minimum Gasteiger partial charge on any atom is -0.372 e. The van der Waals surface area contributed by atoms with Gasteiger partial charge in [0.25, 0.3) is 32.1 Å². The van der Waals surface area contributed by atoms with Gasteiger partial charge in [-0.2, -0.15) is 41.8 Å². The van der Waals surface area contributed by atoms with Crippen LogP contribution in [0, 0.1) is 0 Å². The van der Waals surface area contributed by atoms with Gasteiger partial charge in [-0.05, 0) is 183 Å². The average molecular weight is 1390 g/mol. The monoisotopic (exact) mass is 1390 g/mol. The number of aromatic nitrogens is 5. The Bertz CT molecular complexity index is 4040. The summed E-state index contributed by atoms with van der Waals surface area (Å²) in [6.07, 6.45) is 8.65. The van der Waals surface area contributed by atoms with Crippen molar-refractivity contribution in [1.82, 2.24) is 24.9 Å². The van der Waals surface area contributed by atoms with Crippen LogP contribution in [0.2, 0.25) is 0 Å². The molecule has 0 unspecified atom stereocenters. The molecule has 2 aliphatic rings. The van der Waals surface area contributed by atoms with E-state index in [0.29, 0.717) is 107 Å². The highest BCUT2D eigenvalue weighted by molar-refractivity contribution is 7.99. The van der Waals surface area contributed by atoms with Crippen LogP contribution in [0.1, 0.15) is 96.7 Å². The van der Waals surface area contributed by atoms with Crippen LogP contribution < -0.4 is 40.9 Å². The second-order valence-electron chi connectivity index (χ2n) is 21.7. The highest BCUT2D eigenvalue weighted by Gasteiger charge is 2.26. The molecule has 9 rings (SSSR count). The maximum atomic E-state index is 13.7. The first-order chi connectivity index (χ1) is 45.5. The number of thiazole rings is 2. The fourth-order valence-electron chi connectivity index (χ4n) is 10.4. The van der Waals surface area contributed by atoms with E-state index in [-0.39, 0.29) is 54.5 Å². The number of benzene rings is 4. The number of carbonyl (C=O) groups excluding carboxylic acids is 4. The number of anilines is 10. The van der Waals surface area contributed by atoms with Crippen molar-refractivity contribution >= 4 is 169 Å². The summed E-state index contributed by atoms with van der Waals surface area (Å²) < 4.78 is 65.5. The summed E-state index contributed by atoms with van der Waals surface area (Å²) in [4.78, 5) is 87.0. The predicted molar refractivity (Wildman–Crippen MR) is 375 cm³/mol. The average Bonchev–Trinajstić information content (AvgIpc) is 1.80. The molecule has 0 bridgehead atoms. The van der Waals surface area contributed by atoms with Crippen molar-refractivity contribution < 1.29 is 45.1 Å². The zero-order valence-electron chi connectivity index (χ0n) is 53.4. The maximum absolute atomic E-state index is 13.7. The van der Waals surface area contributed by atoms with Crippen molar-refractivity contribution in [1.29, 1.82) is 0 Å². The molecule has 0 atom stereocenters. The Morgan fingerprint density at radius 3 is 1.25 bits per heavy atom. The van der Waals surface area contributed by atoms with Gasteiger partial charge >= 0.3 is 0 Å². The van der Waals surface area contributed by atoms with Crippen LogP contribution in [-0.2, 0) is 39.4 Å². The molecule has 27 nitrogen and oxygen atoms in total. The second kappa shape index (κ2) is 32.0. The van der Waals surface area contributed by atoms with E-state index in [1.165, 1.54) is 62.0 Å². The molecule has 0 aliphatic carbocycles. The summed E-state index contributed by atoms with van der Waals surface area (Å²) in [6, 6.07) is 21.2. The van der Waals surface area contributed by atoms with Crippen LogP contribution in [0.5, 0.6) is 0 Å². The third kappa shape index (κ3) is 18.5. The normalized spacial score (nSPS) is 14.1. The van der Waals surface area contributed by atoms with Gasteiger partial charge in [-0.25, -0.2) is 0 Å². The topological polar surface area (TPSA) is 352 Å². The lowest BCUT2D eigenvalue weighted by Crippen LogP contribution is -2.30. The summed E-state index contributed by atoms with van der Waals surface area (Å²) in [5.41, 5.74) is 3.62. The smallest absolute Gasteiger partial charge is 0.294 e. The number of amides is 2. The van der Waals surface area contributed by atoms with Gasteiger partial charge in [0.05, 0.1) is 42.1 Å². The van der Waals surface area contributed by atoms with Crippen LogP contribution in [0.15, 0.2) is 131 Å². The first-order valence-corrected chi connectivity index (χ1v) is 36.3. The molecular formula is C63H73N17O10S5. The number of ketones is 2. The molecule has 6 N–H and O–H groups in total. The van der Waals surface area contributed by atoms with Gasteiger partial charge in [-0.3, -0.25) is 28.3 Å². The number of nitrogens with zero attached hydrogens (tertiary/aromatic N) is 13. The Morgan fingerprint density at radius 1 is 0.537 bits per heavy atom. The van der Waals surface area contributed by atoms with Crippen LogP contribution in [-0.4, -0.2) is 132 Å². The highest BCUT2D eigenvalue weighted by Crippen LogP contribution is 2.41. The summed E-state index contributed by atoms with van der Waals surface area (Å²) >= 11 is 3.70. The Labute approximate surface area is 563 Å². The number of Topliss-reactive ketones (excluding diaryl/α,β-unsaturated/α-hetero) is 2. The van der Waals surface area contributed by atoms with Gasteiger partial charge < -0.3 is 40.9 Å². The van der Waals surface area contributed by atoms with Crippen molar-refractivity contribution in [2.45, 2.75) is 102 Å². The van der Waals surface area contributed by atoms with Crippen molar-refractivity contribution in [2.75, 3.05) is 99.0 Å². The summed E-state index contributed by atoms with van der Waals surface area (Å²) in [5, 5.41) is 31.9.